The minimum Gasteiger partial charge on any atom is -0.331 e. The number of fused-ring (bicyclic) bond motifs is 1. The average molecular weight is 469 g/mol. The first-order chi connectivity index (χ1) is 15.7. The Bertz CT molecular complexity index is 1190. The summed E-state index contributed by atoms with van der Waals surface area (Å²) >= 11 is 6.19. The van der Waals surface area contributed by atoms with Gasteiger partial charge in [-0.2, -0.15) is 0 Å². The molecule has 1 amide bonds. The van der Waals surface area contributed by atoms with Crippen molar-refractivity contribution in [1.82, 2.24) is 19.4 Å². The van der Waals surface area contributed by atoms with Crippen LogP contribution in [0, 0.1) is 6.92 Å². The molecule has 2 aromatic carbocycles. The van der Waals surface area contributed by atoms with Crippen molar-refractivity contribution in [1.29, 1.82) is 0 Å². The number of nitrogens with zero attached hydrogens (tertiary/aromatic N) is 4. The number of unbranched alkanes of at least 4 members (excludes halogenated alkanes) is 1. The Labute approximate surface area is 200 Å². The zero-order chi connectivity index (χ0) is 24.1. The number of carbonyl (C=O) groups is 1. The van der Waals surface area contributed by atoms with Crippen LogP contribution in [0.5, 0.6) is 0 Å². The van der Waals surface area contributed by atoms with E-state index in [-0.39, 0.29) is 17.5 Å². The summed E-state index contributed by atoms with van der Waals surface area (Å²) in [7, 11) is 3.97. The lowest BCUT2D eigenvalue weighted by atomic mass is 10.1. The van der Waals surface area contributed by atoms with Crippen molar-refractivity contribution in [3.8, 4) is 5.69 Å². The smallest absolute Gasteiger partial charge is 0.266 e. The highest BCUT2D eigenvalue weighted by molar-refractivity contribution is 6.30. The maximum atomic E-state index is 13.7. The van der Waals surface area contributed by atoms with Crippen molar-refractivity contribution in [3.63, 3.8) is 0 Å². The quantitative estimate of drug-likeness (QED) is 0.444. The second kappa shape index (κ2) is 10.9. The Kier molecular flexibility index (Phi) is 8.27. The molecule has 176 valence electrons. The predicted octanol–water partition coefficient (Wildman–Crippen LogP) is 4.99. The third-order valence-electron chi connectivity index (χ3n) is 5.90. The van der Waals surface area contributed by atoms with Gasteiger partial charge in [0, 0.05) is 24.5 Å². The molecule has 0 bridgehead atoms. The van der Waals surface area contributed by atoms with Gasteiger partial charge in [0.2, 0.25) is 5.91 Å². The normalized spacial score (nSPS) is 12.3. The van der Waals surface area contributed by atoms with E-state index in [0.29, 0.717) is 34.7 Å². The number of hydrogen-bond acceptors (Lipinski definition) is 4. The number of hydrogen-bond donors (Lipinski definition) is 0. The topological polar surface area (TPSA) is 58.4 Å². The number of para-hydroxylation sites is 1. The summed E-state index contributed by atoms with van der Waals surface area (Å²) in [6.45, 7) is 7.23. The molecule has 6 nitrogen and oxygen atoms in total. The van der Waals surface area contributed by atoms with Gasteiger partial charge < -0.3 is 9.80 Å². The highest BCUT2D eigenvalue weighted by Crippen LogP contribution is 2.26. The van der Waals surface area contributed by atoms with E-state index < -0.39 is 0 Å². The molecule has 0 N–H and O–H groups in total. The van der Waals surface area contributed by atoms with Gasteiger partial charge in [0.25, 0.3) is 5.56 Å². The number of carbonyl (C=O) groups excluding carboxylic acids is 1. The van der Waals surface area contributed by atoms with Crippen LogP contribution in [0.2, 0.25) is 5.02 Å². The molecular formula is C26H33ClN4O2. The molecule has 1 heterocycles. The molecule has 0 aliphatic carbocycles. The van der Waals surface area contributed by atoms with Gasteiger partial charge in [0.05, 0.1) is 22.6 Å². The first-order valence-electron chi connectivity index (χ1n) is 11.5. The third kappa shape index (κ3) is 5.63. The molecule has 0 aliphatic rings. The van der Waals surface area contributed by atoms with Gasteiger partial charge in [-0.25, -0.2) is 4.98 Å². The van der Waals surface area contributed by atoms with Crippen molar-refractivity contribution in [2.24, 2.45) is 0 Å². The number of amides is 1. The van der Waals surface area contributed by atoms with E-state index in [0.717, 1.165) is 30.6 Å². The molecule has 0 saturated carbocycles. The summed E-state index contributed by atoms with van der Waals surface area (Å²) in [5, 5.41) is 1.15. The van der Waals surface area contributed by atoms with Crippen LogP contribution in [0.25, 0.3) is 16.6 Å². The van der Waals surface area contributed by atoms with Crippen LogP contribution in [0.15, 0.2) is 47.3 Å². The van der Waals surface area contributed by atoms with E-state index >= 15 is 0 Å². The molecule has 0 saturated heterocycles. The van der Waals surface area contributed by atoms with E-state index in [1.54, 1.807) is 16.7 Å². The van der Waals surface area contributed by atoms with Crippen LogP contribution in [0.3, 0.4) is 0 Å². The van der Waals surface area contributed by atoms with Crippen molar-refractivity contribution < 1.29 is 4.79 Å². The molecule has 3 aromatic rings. The lowest BCUT2D eigenvalue weighted by molar-refractivity contribution is -0.133. The summed E-state index contributed by atoms with van der Waals surface area (Å²) in [6.07, 6.45) is 2.26. The van der Waals surface area contributed by atoms with Gasteiger partial charge in [-0.15, -0.1) is 0 Å². The van der Waals surface area contributed by atoms with Crippen LogP contribution < -0.4 is 5.56 Å². The lowest BCUT2D eigenvalue weighted by Gasteiger charge is -2.32. The molecule has 1 aromatic heterocycles. The third-order valence-corrected chi connectivity index (χ3v) is 6.13. The van der Waals surface area contributed by atoms with Crippen LogP contribution in [-0.2, 0) is 4.79 Å². The van der Waals surface area contributed by atoms with Gasteiger partial charge in [-0.05, 0) is 70.3 Å². The highest BCUT2D eigenvalue weighted by Gasteiger charge is 2.27. The number of halogens is 1. The molecule has 0 fully saturated rings. The van der Waals surface area contributed by atoms with E-state index in [2.05, 4.69) is 11.8 Å². The summed E-state index contributed by atoms with van der Waals surface area (Å²) in [5.74, 6) is 0.626. The minimum absolute atomic E-state index is 0.0768. The van der Waals surface area contributed by atoms with Crippen molar-refractivity contribution in [2.45, 2.75) is 46.1 Å². The van der Waals surface area contributed by atoms with Crippen LogP contribution in [0.1, 0.15) is 50.5 Å². The summed E-state index contributed by atoms with van der Waals surface area (Å²) in [5.41, 5.74) is 2.06. The Hall–Kier alpha value is -2.70. The second-order valence-electron chi connectivity index (χ2n) is 8.73. The van der Waals surface area contributed by atoms with Gasteiger partial charge in [0.15, 0.2) is 0 Å². The van der Waals surface area contributed by atoms with Crippen LogP contribution in [0.4, 0.5) is 0 Å². The molecule has 1 atom stereocenters. The zero-order valence-electron chi connectivity index (χ0n) is 20.1. The Morgan fingerprint density at radius 1 is 1.15 bits per heavy atom. The fraction of sp³-hybridized carbons (Fsp3) is 0.423. The first-order valence-corrected chi connectivity index (χ1v) is 11.8. The van der Waals surface area contributed by atoms with Gasteiger partial charge in [-0.1, -0.05) is 37.1 Å². The van der Waals surface area contributed by atoms with Crippen LogP contribution >= 0.6 is 11.6 Å². The number of aryl methyl sites for hydroxylation is 1. The van der Waals surface area contributed by atoms with Crippen LogP contribution in [-0.4, -0.2) is 52.4 Å². The number of benzene rings is 2. The zero-order valence-corrected chi connectivity index (χ0v) is 20.9. The average Bonchev–Trinajstić information content (AvgIpc) is 2.78. The van der Waals surface area contributed by atoms with E-state index in [9.17, 15) is 9.59 Å². The monoisotopic (exact) mass is 468 g/mol. The largest absolute Gasteiger partial charge is 0.331 e. The number of aromatic nitrogens is 2. The molecule has 0 radical (unpaired) electrons. The Morgan fingerprint density at radius 2 is 1.88 bits per heavy atom. The summed E-state index contributed by atoms with van der Waals surface area (Å²) < 4.78 is 1.65. The fourth-order valence-corrected chi connectivity index (χ4v) is 4.21. The number of rotatable bonds is 9. The van der Waals surface area contributed by atoms with Gasteiger partial charge >= 0.3 is 0 Å². The van der Waals surface area contributed by atoms with Crippen molar-refractivity contribution in [2.75, 3.05) is 27.2 Å². The van der Waals surface area contributed by atoms with Gasteiger partial charge in [0.1, 0.15) is 5.82 Å². The maximum Gasteiger partial charge on any atom is 0.266 e. The summed E-state index contributed by atoms with van der Waals surface area (Å²) in [4.78, 5) is 35.7. The molecule has 1 unspecified atom stereocenters. The van der Waals surface area contributed by atoms with E-state index in [1.165, 1.54) is 0 Å². The first kappa shape index (κ1) is 24.9. The second-order valence-corrected chi connectivity index (χ2v) is 9.16. The SMILES string of the molecule is CCCCC(=O)N(CCN(C)C)C(C)c1nc2ccccc2c(=O)n1-c1ccc(Cl)cc1C. The molecule has 3 rings (SSSR count). The summed E-state index contributed by atoms with van der Waals surface area (Å²) in [6, 6.07) is 12.4. The van der Waals surface area contributed by atoms with E-state index in [1.807, 2.05) is 63.2 Å². The van der Waals surface area contributed by atoms with Crippen molar-refractivity contribution >= 4 is 28.4 Å². The standard InChI is InChI=1S/C26H33ClN4O2/c1-6-7-12-24(32)30(16-15-29(4)5)19(3)25-28-22-11-9-8-10-21(22)26(33)31(25)23-14-13-20(27)17-18(23)2/h8-11,13-14,17,19H,6-7,12,15-16H2,1-5H3. The van der Waals surface area contributed by atoms with Crippen molar-refractivity contribution in [3.05, 3.63) is 69.2 Å². The minimum atomic E-state index is -0.387. The van der Waals surface area contributed by atoms with Gasteiger partial charge in [-0.3, -0.25) is 14.2 Å². The molecule has 7 heteroatoms. The molecular weight excluding hydrogens is 436 g/mol. The molecule has 33 heavy (non-hydrogen) atoms. The lowest BCUT2D eigenvalue weighted by Crippen LogP contribution is -2.41. The number of likely N-dealkylation sites (N-methyl/N-ethyl adjacent to an activating group) is 1. The Morgan fingerprint density at radius 3 is 2.55 bits per heavy atom. The molecule has 0 spiro atoms. The predicted molar refractivity (Wildman–Crippen MR) is 135 cm³/mol. The molecule has 0 aliphatic heterocycles. The highest BCUT2D eigenvalue weighted by atomic mass is 35.5. The Balaban J connectivity index is 2.21. The fourth-order valence-electron chi connectivity index (χ4n) is 3.99. The van der Waals surface area contributed by atoms with E-state index in [4.69, 9.17) is 16.6 Å². The maximum absolute atomic E-state index is 13.7.